The Morgan fingerprint density at radius 1 is 1.12 bits per heavy atom. The molecule has 2 fully saturated rings. The second-order valence-electron chi connectivity index (χ2n) is 6.62. The smallest absolute Gasteiger partial charge is 0.243 e. The maximum absolute atomic E-state index is 13.0. The van der Waals surface area contributed by atoms with E-state index >= 15 is 0 Å². The zero-order valence-corrected chi connectivity index (χ0v) is 14.6. The number of amides is 1. The second kappa shape index (κ2) is 7.21. The van der Waals surface area contributed by atoms with Gasteiger partial charge in [0.2, 0.25) is 15.9 Å². The number of benzene rings is 1. The van der Waals surface area contributed by atoms with E-state index in [0.29, 0.717) is 38.5 Å². The SMILES string of the molecule is NCC1CCN(C(=O)C2CCCCN2S(=O)(=O)c2ccccc2)C1. The highest BCUT2D eigenvalue weighted by atomic mass is 32.2. The number of piperidine rings is 1. The molecule has 2 heterocycles. The number of hydrogen-bond acceptors (Lipinski definition) is 4. The molecule has 132 valence electrons. The summed E-state index contributed by atoms with van der Waals surface area (Å²) >= 11 is 0. The summed E-state index contributed by atoms with van der Waals surface area (Å²) < 4.78 is 27.4. The molecular formula is C17H25N3O3S. The van der Waals surface area contributed by atoms with Gasteiger partial charge in [0.05, 0.1) is 4.90 Å². The predicted octanol–water partition coefficient (Wildman–Crippen LogP) is 1.04. The second-order valence-corrected chi connectivity index (χ2v) is 8.51. The van der Waals surface area contributed by atoms with Gasteiger partial charge in [-0.1, -0.05) is 24.6 Å². The summed E-state index contributed by atoms with van der Waals surface area (Å²) in [4.78, 5) is 15.0. The van der Waals surface area contributed by atoms with E-state index in [1.807, 2.05) is 0 Å². The zero-order valence-electron chi connectivity index (χ0n) is 13.8. The third kappa shape index (κ3) is 3.34. The maximum atomic E-state index is 13.0. The Kier molecular flexibility index (Phi) is 5.22. The number of likely N-dealkylation sites (tertiary alicyclic amines) is 1. The molecule has 0 aliphatic carbocycles. The molecule has 0 aromatic heterocycles. The van der Waals surface area contributed by atoms with Crippen LogP contribution in [-0.2, 0) is 14.8 Å². The minimum atomic E-state index is -3.64. The molecule has 2 atom stereocenters. The van der Waals surface area contributed by atoms with Gasteiger partial charge in [0, 0.05) is 19.6 Å². The molecule has 2 aliphatic heterocycles. The number of hydrogen-bond donors (Lipinski definition) is 1. The van der Waals surface area contributed by atoms with E-state index in [-0.39, 0.29) is 10.8 Å². The van der Waals surface area contributed by atoms with Crippen molar-refractivity contribution in [1.82, 2.24) is 9.21 Å². The van der Waals surface area contributed by atoms with Crippen molar-refractivity contribution in [3.8, 4) is 0 Å². The van der Waals surface area contributed by atoms with Gasteiger partial charge in [-0.2, -0.15) is 4.31 Å². The lowest BCUT2D eigenvalue weighted by molar-refractivity contribution is -0.135. The first-order chi connectivity index (χ1) is 11.5. The molecule has 2 saturated heterocycles. The Balaban J connectivity index is 1.82. The van der Waals surface area contributed by atoms with Crippen LogP contribution in [0.3, 0.4) is 0 Å². The van der Waals surface area contributed by atoms with Crippen molar-refractivity contribution < 1.29 is 13.2 Å². The Labute approximate surface area is 143 Å². The lowest BCUT2D eigenvalue weighted by atomic mass is 10.0. The summed E-state index contributed by atoms with van der Waals surface area (Å²) in [7, 11) is -3.64. The molecule has 3 rings (SSSR count). The molecule has 0 radical (unpaired) electrons. The maximum Gasteiger partial charge on any atom is 0.243 e. The summed E-state index contributed by atoms with van der Waals surface area (Å²) in [5.41, 5.74) is 5.70. The molecule has 1 aromatic rings. The average Bonchev–Trinajstić information content (AvgIpc) is 3.11. The summed E-state index contributed by atoms with van der Waals surface area (Å²) in [6.45, 7) is 2.30. The van der Waals surface area contributed by atoms with Crippen LogP contribution in [0.2, 0.25) is 0 Å². The summed E-state index contributed by atoms with van der Waals surface area (Å²) in [6, 6.07) is 7.80. The number of sulfonamides is 1. The molecule has 0 spiro atoms. The molecule has 1 aromatic carbocycles. The van der Waals surface area contributed by atoms with Gasteiger partial charge in [-0.15, -0.1) is 0 Å². The van der Waals surface area contributed by atoms with Gasteiger partial charge >= 0.3 is 0 Å². The van der Waals surface area contributed by atoms with Crippen LogP contribution in [0.4, 0.5) is 0 Å². The Bertz CT molecular complexity index is 678. The van der Waals surface area contributed by atoms with Gasteiger partial charge in [0.15, 0.2) is 0 Å². The highest BCUT2D eigenvalue weighted by Crippen LogP contribution is 2.28. The highest BCUT2D eigenvalue weighted by molar-refractivity contribution is 7.89. The van der Waals surface area contributed by atoms with Crippen LogP contribution in [0.15, 0.2) is 35.2 Å². The van der Waals surface area contributed by atoms with Crippen molar-refractivity contribution in [2.75, 3.05) is 26.2 Å². The van der Waals surface area contributed by atoms with E-state index in [1.54, 1.807) is 35.2 Å². The molecule has 6 nitrogen and oxygen atoms in total. The van der Waals surface area contributed by atoms with Gasteiger partial charge in [0.25, 0.3) is 0 Å². The summed E-state index contributed by atoms with van der Waals surface area (Å²) in [5, 5.41) is 0. The predicted molar refractivity (Wildman–Crippen MR) is 91.7 cm³/mol. The third-order valence-corrected chi connectivity index (χ3v) is 6.94. The van der Waals surface area contributed by atoms with Crippen molar-refractivity contribution >= 4 is 15.9 Å². The lowest BCUT2D eigenvalue weighted by Gasteiger charge is -2.35. The van der Waals surface area contributed by atoms with Crippen LogP contribution in [0.25, 0.3) is 0 Å². The normalized spacial score (nSPS) is 25.8. The monoisotopic (exact) mass is 351 g/mol. The van der Waals surface area contributed by atoms with E-state index in [1.165, 1.54) is 4.31 Å². The van der Waals surface area contributed by atoms with Crippen molar-refractivity contribution in [3.05, 3.63) is 30.3 Å². The van der Waals surface area contributed by atoms with Gasteiger partial charge in [0.1, 0.15) is 6.04 Å². The number of nitrogens with two attached hydrogens (primary N) is 1. The number of rotatable bonds is 4. The van der Waals surface area contributed by atoms with Crippen LogP contribution in [-0.4, -0.2) is 55.8 Å². The van der Waals surface area contributed by atoms with Crippen molar-refractivity contribution in [2.45, 2.75) is 36.6 Å². The lowest BCUT2D eigenvalue weighted by Crippen LogP contribution is -2.52. The summed E-state index contributed by atoms with van der Waals surface area (Å²) in [6.07, 6.45) is 3.17. The molecule has 2 N–H and O–H groups in total. The molecular weight excluding hydrogens is 326 g/mol. The van der Waals surface area contributed by atoms with Gasteiger partial charge in [-0.3, -0.25) is 4.79 Å². The Morgan fingerprint density at radius 2 is 1.88 bits per heavy atom. The third-order valence-electron chi connectivity index (χ3n) is 5.02. The first kappa shape index (κ1) is 17.4. The minimum absolute atomic E-state index is 0.0647. The first-order valence-electron chi connectivity index (χ1n) is 8.60. The molecule has 24 heavy (non-hydrogen) atoms. The molecule has 7 heteroatoms. The standard InChI is InChI=1S/C17H25N3O3S/c18-12-14-9-11-19(13-14)17(21)16-8-4-5-10-20(16)24(22,23)15-6-2-1-3-7-15/h1-3,6-7,14,16H,4-5,8-13,18H2. The fourth-order valence-corrected chi connectivity index (χ4v) is 5.28. The molecule has 0 saturated carbocycles. The van der Waals surface area contributed by atoms with E-state index in [2.05, 4.69) is 0 Å². The Morgan fingerprint density at radius 3 is 2.54 bits per heavy atom. The quantitative estimate of drug-likeness (QED) is 0.878. The zero-order chi connectivity index (χ0) is 17.2. The Hall–Kier alpha value is -1.44. The highest BCUT2D eigenvalue weighted by Gasteiger charge is 2.40. The van der Waals surface area contributed by atoms with Crippen LogP contribution in [0.5, 0.6) is 0 Å². The number of nitrogens with zero attached hydrogens (tertiary/aromatic N) is 2. The van der Waals surface area contributed by atoms with Gasteiger partial charge < -0.3 is 10.6 Å². The van der Waals surface area contributed by atoms with Crippen molar-refractivity contribution in [1.29, 1.82) is 0 Å². The van der Waals surface area contributed by atoms with Gasteiger partial charge in [-0.25, -0.2) is 8.42 Å². The van der Waals surface area contributed by atoms with E-state index in [9.17, 15) is 13.2 Å². The molecule has 2 aliphatic rings. The molecule has 1 amide bonds. The van der Waals surface area contributed by atoms with E-state index in [4.69, 9.17) is 5.73 Å². The van der Waals surface area contributed by atoms with E-state index in [0.717, 1.165) is 19.3 Å². The fourth-order valence-electron chi connectivity index (χ4n) is 3.60. The van der Waals surface area contributed by atoms with E-state index < -0.39 is 16.1 Å². The largest absolute Gasteiger partial charge is 0.341 e. The fraction of sp³-hybridized carbons (Fsp3) is 0.588. The topological polar surface area (TPSA) is 83.7 Å². The van der Waals surface area contributed by atoms with Crippen molar-refractivity contribution in [2.24, 2.45) is 11.7 Å². The molecule has 2 unspecified atom stereocenters. The van der Waals surface area contributed by atoms with Crippen LogP contribution in [0.1, 0.15) is 25.7 Å². The average molecular weight is 351 g/mol. The summed E-state index contributed by atoms with van der Waals surface area (Å²) in [5.74, 6) is 0.266. The molecule has 0 bridgehead atoms. The van der Waals surface area contributed by atoms with Crippen LogP contribution >= 0.6 is 0 Å². The van der Waals surface area contributed by atoms with Crippen LogP contribution in [0, 0.1) is 5.92 Å². The number of carbonyl (C=O) groups excluding carboxylic acids is 1. The first-order valence-corrected chi connectivity index (χ1v) is 10.0. The minimum Gasteiger partial charge on any atom is -0.341 e. The van der Waals surface area contributed by atoms with Gasteiger partial charge in [-0.05, 0) is 43.9 Å². The van der Waals surface area contributed by atoms with Crippen molar-refractivity contribution in [3.63, 3.8) is 0 Å². The van der Waals surface area contributed by atoms with Crippen LogP contribution < -0.4 is 5.73 Å². The number of carbonyl (C=O) groups is 1.